The standard InChI is InChI=1S/C46H50N6O5S/c1-31(47-30-44(53)40-19-20-43(48-29-40)42-22-32(2)52-33(42)3)21-36-11-7-12-37(23-36)25-45(54)49-26-35-15-17-39(18-16-35)46(55)50-27-38-13-8-14-41(24-38)58(56,57)51-28-34-9-5-4-6-10-34/h4-20,22-24,29,31,44,47,51-53H,21,25-28,30H2,1-3H3,(H,49,54)(H,50,55)/t31-,44+/m1/s1. The van der Waals surface area contributed by atoms with Gasteiger partial charge in [0.2, 0.25) is 15.9 Å². The number of benzene rings is 4. The van der Waals surface area contributed by atoms with E-state index in [4.69, 9.17) is 0 Å². The molecule has 58 heavy (non-hydrogen) atoms. The molecule has 0 aliphatic carbocycles. The normalized spacial score (nSPS) is 12.5. The Hall–Kier alpha value is -5.92. The van der Waals surface area contributed by atoms with Crippen LogP contribution in [0.1, 0.15) is 68.2 Å². The average Bonchev–Trinajstić information content (AvgIpc) is 3.58. The number of sulfonamides is 1. The fraction of sp³-hybridized carbons (Fsp3) is 0.239. The van der Waals surface area contributed by atoms with E-state index in [9.17, 15) is 23.1 Å². The summed E-state index contributed by atoms with van der Waals surface area (Å²) < 4.78 is 28.3. The maximum absolute atomic E-state index is 12.9. The Labute approximate surface area is 340 Å². The second kappa shape index (κ2) is 19.5. The molecule has 6 rings (SSSR count). The summed E-state index contributed by atoms with van der Waals surface area (Å²) in [6.07, 6.45) is 1.99. The van der Waals surface area contributed by atoms with Crippen molar-refractivity contribution in [2.45, 2.75) is 70.3 Å². The van der Waals surface area contributed by atoms with Gasteiger partial charge in [0.25, 0.3) is 5.91 Å². The van der Waals surface area contributed by atoms with Crippen molar-refractivity contribution in [3.63, 3.8) is 0 Å². The Morgan fingerprint density at radius 2 is 1.43 bits per heavy atom. The van der Waals surface area contributed by atoms with Gasteiger partial charge in [-0.25, -0.2) is 13.1 Å². The first-order valence-electron chi connectivity index (χ1n) is 19.3. The predicted octanol–water partition coefficient (Wildman–Crippen LogP) is 6.22. The second-order valence-electron chi connectivity index (χ2n) is 14.6. The number of carbonyl (C=O) groups excluding carboxylic acids is 2. The number of amides is 2. The number of carbonyl (C=O) groups is 2. The van der Waals surface area contributed by atoms with Crippen LogP contribution >= 0.6 is 0 Å². The van der Waals surface area contributed by atoms with Crippen LogP contribution in [-0.4, -0.2) is 47.9 Å². The van der Waals surface area contributed by atoms with Crippen molar-refractivity contribution >= 4 is 21.8 Å². The van der Waals surface area contributed by atoms with Crippen LogP contribution < -0.4 is 20.7 Å². The fourth-order valence-corrected chi connectivity index (χ4v) is 7.75. The molecule has 11 nitrogen and oxygen atoms in total. The molecule has 4 aromatic carbocycles. The summed E-state index contributed by atoms with van der Waals surface area (Å²) in [6.45, 7) is 7.13. The zero-order valence-corrected chi connectivity index (χ0v) is 33.8. The Morgan fingerprint density at radius 3 is 2.16 bits per heavy atom. The van der Waals surface area contributed by atoms with Crippen LogP contribution in [0, 0.1) is 13.8 Å². The van der Waals surface area contributed by atoms with Crippen LogP contribution in [0.3, 0.4) is 0 Å². The number of aromatic nitrogens is 2. The monoisotopic (exact) mass is 798 g/mol. The predicted molar refractivity (Wildman–Crippen MR) is 226 cm³/mol. The summed E-state index contributed by atoms with van der Waals surface area (Å²) in [7, 11) is -3.74. The number of hydrogen-bond donors (Lipinski definition) is 6. The summed E-state index contributed by atoms with van der Waals surface area (Å²) in [4.78, 5) is 33.8. The molecule has 2 aromatic heterocycles. The lowest BCUT2D eigenvalue weighted by Gasteiger charge is -2.18. The lowest BCUT2D eigenvalue weighted by atomic mass is 10.0. The lowest BCUT2D eigenvalue weighted by molar-refractivity contribution is -0.120. The molecule has 0 aliphatic rings. The van der Waals surface area contributed by atoms with Gasteiger partial charge in [-0.15, -0.1) is 0 Å². The Bertz CT molecular complexity index is 2420. The molecule has 0 radical (unpaired) electrons. The van der Waals surface area contributed by atoms with E-state index < -0.39 is 16.1 Å². The fourth-order valence-electron chi connectivity index (χ4n) is 6.66. The van der Waals surface area contributed by atoms with Crippen LogP contribution in [0.4, 0.5) is 0 Å². The minimum Gasteiger partial charge on any atom is -0.387 e. The van der Waals surface area contributed by atoms with Gasteiger partial charge in [0.05, 0.1) is 23.1 Å². The quantitative estimate of drug-likeness (QED) is 0.0602. The van der Waals surface area contributed by atoms with Gasteiger partial charge in [-0.3, -0.25) is 14.6 Å². The lowest BCUT2D eigenvalue weighted by Crippen LogP contribution is -2.32. The van der Waals surface area contributed by atoms with Gasteiger partial charge in [-0.05, 0) is 91.4 Å². The summed E-state index contributed by atoms with van der Waals surface area (Å²) in [5.74, 6) is -0.415. The van der Waals surface area contributed by atoms with Crippen LogP contribution in [0.25, 0.3) is 11.3 Å². The number of hydrogen-bond acceptors (Lipinski definition) is 7. The first-order valence-corrected chi connectivity index (χ1v) is 20.8. The molecule has 2 atom stereocenters. The second-order valence-corrected chi connectivity index (χ2v) is 16.4. The van der Waals surface area contributed by atoms with Crippen molar-refractivity contribution in [2.24, 2.45) is 0 Å². The maximum atomic E-state index is 12.9. The van der Waals surface area contributed by atoms with Gasteiger partial charge >= 0.3 is 0 Å². The molecular weight excluding hydrogens is 749 g/mol. The van der Waals surface area contributed by atoms with Gasteiger partial charge < -0.3 is 26.0 Å². The largest absolute Gasteiger partial charge is 0.387 e. The molecule has 0 bridgehead atoms. The van der Waals surface area contributed by atoms with Crippen molar-refractivity contribution in [1.29, 1.82) is 0 Å². The molecule has 2 heterocycles. The third-order valence-corrected chi connectivity index (χ3v) is 11.2. The Balaban J connectivity index is 0.911. The van der Waals surface area contributed by atoms with Gasteiger partial charge in [0.1, 0.15) is 0 Å². The molecule has 2 amide bonds. The Kier molecular flexibility index (Phi) is 14.0. The topological polar surface area (TPSA) is 165 Å². The van der Waals surface area contributed by atoms with E-state index in [0.717, 1.165) is 56.9 Å². The molecular formula is C46H50N6O5S. The van der Waals surface area contributed by atoms with E-state index in [-0.39, 0.29) is 42.3 Å². The van der Waals surface area contributed by atoms with Crippen LogP contribution in [0.15, 0.2) is 132 Å². The van der Waals surface area contributed by atoms with E-state index in [0.29, 0.717) is 24.2 Å². The van der Waals surface area contributed by atoms with Crippen molar-refractivity contribution in [3.05, 3.63) is 178 Å². The molecule has 0 saturated carbocycles. The number of H-pyrrole nitrogens is 1. The minimum absolute atomic E-state index is 0.0874. The molecule has 0 saturated heterocycles. The third kappa shape index (κ3) is 11.8. The summed E-state index contributed by atoms with van der Waals surface area (Å²) in [6, 6.07) is 36.7. The summed E-state index contributed by atoms with van der Waals surface area (Å²) in [5.41, 5.74) is 9.61. The molecule has 300 valence electrons. The van der Waals surface area contributed by atoms with Crippen molar-refractivity contribution in [3.8, 4) is 11.3 Å². The van der Waals surface area contributed by atoms with Gasteiger partial charge in [-0.1, -0.05) is 84.9 Å². The van der Waals surface area contributed by atoms with Crippen LogP contribution in [0.5, 0.6) is 0 Å². The highest BCUT2D eigenvalue weighted by molar-refractivity contribution is 7.89. The molecule has 6 aromatic rings. The zero-order valence-electron chi connectivity index (χ0n) is 33.0. The molecule has 0 unspecified atom stereocenters. The minimum atomic E-state index is -3.74. The van der Waals surface area contributed by atoms with E-state index >= 15 is 0 Å². The van der Waals surface area contributed by atoms with Gasteiger partial charge in [-0.2, -0.15) is 0 Å². The number of pyridine rings is 1. The van der Waals surface area contributed by atoms with E-state index in [1.165, 1.54) is 6.07 Å². The average molecular weight is 799 g/mol. The first-order chi connectivity index (χ1) is 27.9. The number of aromatic amines is 1. The highest BCUT2D eigenvalue weighted by atomic mass is 32.2. The zero-order chi connectivity index (χ0) is 41.1. The number of aryl methyl sites for hydroxylation is 2. The number of aliphatic hydroxyl groups excluding tert-OH is 1. The highest BCUT2D eigenvalue weighted by Crippen LogP contribution is 2.24. The maximum Gasteiger partial charge on any atom is 0.251 e. The summed E-state index contributed by atoms with van der Waals surface area (Å²) >= 11 is 0. The van der Waals surface area contributed by atoms with Crippen LogP contribution in [0.2, 0.25) is 0 Å². The van der Waals surface area contributed by atoms with E-state index in [1.807, 2.05) is 80.6 Å². The van der Waals surface area contributed by atoms with E-state index in [2.05, 4.69) is 43.6 Å². The molecule has 6 N–H and O–H groups in total. The SMILES string of the molecule is Cc1cc(-c2ccc([C@@H](O)CN[C@H](C)Cc3cccc(CC(=O)NCc4ccc(C(=O)NCc5cccc(S(=O)(=O)NCc6ccccc6)c5)cc4)c3)cn2)c(C)[nH]1. The summed E-state index contributed by atoms with van der Waals surface area (Å²) in [5, 5.41) is 20.0. The first kappa shape index (κ1) is 41.7. The number of nitrogens with zero attached hydrogens (tertiary/aromatic N) is 1. The van der Waals surface area contributed by atoms with E-state index in [1.54, 1.807) is 48.7 Å². The molecule has 12 heteroatoms. The smallest absolute Gasteiger partial charge is 0.251 e. The van der Waals surface area contributed by atoms with Crippen LogP contribution in [-0.2, 0) is 47.3 Å². The molecule has 0 spiro atoms. The molecule has 0 fully saturated rings. The number of aliphatic hydroxyl groups is 1. The third-order valence-electron chi connectivity index (χ3n) is 9.83. The van der Waals surface area contributed by atoms with Gasteiger partial charge in [0, 0.05) is 66.5 Å². The van der Waals surface area contributed by atoms with Gasteiger partial charge in [0.15, 0.2) is 0 Å². The van der Waals surface area contributed by atoms with Crippen molar-refractivity contribution in [1.82, 2.24) is 30.6 Å². The van der Waals surface area contributed by atoms with Crippen molar-refractivity contribution < 1.29 is 23.1 Å². The molecule has 0 aliphatic heterocycles. The van der Waals surface area contributed by atoms with Crippen molar-refractivity contribution in [2.75, 3.05) is 6.54 Å². The Morgan fingerprint density at radius 1 is 0.741 bits per heavy atom. The number of rotatable bonds is 18. The highest BCUT2D eigenvalue weighted by Gasteiger charge is 2.16. The number of nitrogens with one attached hydrogen (secondary N) is 5.